The molecule has 0 N–H and O–H groups in total. The van der Waals surface area contributed by atoms with Crippen molar-refractivity contribution in [3.63, 3.8) is 0 Å². The highest BCUT2D eigenvalue weighted by molar-refractivity contribution is 9.11. The number of thioether (sulfide) groups is 1. The largest absolute Gasteiger partial charge is 0.268 e. The van der Waals surface area contributed by atoms with Crippen LogP contribution in [0.1, 0.15) is 5.56 Å². The van der Waals surface area contributed by atoms with E-state index in [1.165, 1.54) is 11.8 Å². The second-order valence-corrected chi connectivity index (χ2v) is 7.98. The van der Waals surface area contributed by atoms with Crippen molar-refractivity contribution in [1.82, 2.24) is 19.2 Å². The Hall–Kier alpha value is -2.38. The molecule has 7 heteroatoms. The molecule has 0 amide bonds. The van der Waals surface area contributed by atoms with Crippen molar-refractivity contribution in [2.24, 2.45) is 0 Å². The Labute approximate surface area is 162 Å². The first kappa shape index (κ1) is 17.1. The third kappa shape index (κ3) is 2.87. The molecule has 5 nitrogen and oxygen atoms in total. The SMILES string of the molecule is C=C(Br)CSc1nnc2n(-c3ccc(C)cc3)c(=O)c3ccccc3n12. The lowest BCUT2D eigenvalue weighted by atomic mass is 10.2. The maximum absolute atomic E-state index is 13.2. The standard InChI is InChI=1S/C19H15BrN4OS/c1-12-7-9-14(10-8-12)23-17(25)15-5-3-4-6-16(15)24-18(23)21-22-19(24)26-11-13(2)20/h3-10H,2,11H2,1H3. The molecule has 0 unspecified atom stereocenters. The van der Waals surface area contributed by atoms with Crippen molar-refractivity contribution >= 4 is 44.4 Å². The van der Waals surface area contributed by atoms with Crippen molar-refractivity contribution in [1.29, 1.82) is 0 Å². The zero-order valence-corrected chi connectivity index (χ0v) is 16.4. The predicted octanol–water partition coefficient (Wildman–Crippen LogP) is 4.34. The Morgan fingerprint density at radius 2 is 1.88 bits per heavy atom. The topological polar surface area (TPSA) is 52.2 Å². The summed E-state index contributed by atoms with van der Waals surface area (Å²) in [6, 6.07) is 15.3. The minimum absolute atomic E-state index is 0.106. The van der Waals surface area contributed by atoms with E-state index in [2.05, 4.69) is 32.7 Å². The normalized spacial score (nSPS) is 11.3. The van der Waals surface area contributed by atoms with Gasteiger partial charge in [0.1, 0.15) is 0 Å². The molecule has 0 saturated carbocycles. The van der Waals surface area contributed by atoms with Crippen LogP contribution in [-0.4, -0.2) is 24.9 Å². The van der Waals surface area contributed by atoms with Gasteiger partial charge in [0.05, 0.1) is 16.6 Å². The molecule has 0 fully saturated rings. The monoisotopic (exact) mass is 426 g/mol. The maximum Gasteiger partial charge on any atom is 0.267 e. The molecule has 0 saturated heterocycles. The second-order valence-electron chi connectivity index (χ2n) is 5.92. The highest BCUT2D eigenvalue weighted by Gasteiger charge is 2.17. The van der Waals surface area contributed by atoms with Crippen LogP contribution in [0.15, 0.2) is 69.5 Å². The van der Waals surface area contributed by atoms with Crippen molar-refractivity contribution in [2.45, 2.75) is 12.1 Å². The van der Waals surface area contributed by atoms with Crippen LogP contribution >= 0.6 is 27.7 Å². The number of hydrogen-bond acceptors (Lipinski definition) is 4. The van der Waals surface area contributed by atoms with Gasteiger partial charge in [-0.1, -0.05) is 64.1 Å². The van der Waals surface area contributed by atoms with E-state index in [0.717, 1.165) is 26.4 Å². The smallest absolute Gasteiger partial charge is 0.267 e. The first-order chi connectivity index (χ1) is 12.6. The number of aromatic nitrogens is 4. The quantitative estimate of drug-likeness (QED) is 0.455. The molecule has 4 aromatic rings. The molecule has 2 aromatic carbocycles. The third-order valence-electron chi connectivity index (χ3n) is 4.04. The Morgan fingerprint density at radius 3 is 2.62 bits per heavy atom. The van der Waals surface area contributed by atoms with Crippen LogP contribution in [0.2, 0.25) is 0 Å². The summed E-state index contributed by atoms with van der Waals surface area (Å²) >= 11 is 4.89. The maximum atomic E-state index is 13.2. The zero-order valence-electron chi connectivity index (χ0n) is 14.0. The van der Waals surface area contributed by atoms with Crippen LogP contribution < -0.4 is 5.56 Å². The van der Waals surface area contributed by atoms with E-state index in [1.54, 1.807) is 4.57 Å². The third-order valence-corrected chi connectivity index (χ3v) is 5.71. The number of nitrogens with zero attached hydrogens (tertiary/aromatic N) is 4. The molecule has 0 atom stereocenters. The Kier molecular flexibility index (Phi) is 4.42. The minimum Gasteiger partial charge on any atom is -0.268 e. The average Bonchev–Trinajstić information content (AvgIpc) is 3.05. The number of aryl methyl sites for hydroxylation is 1. The number of halogens is 1. The van der Waals surface area contributed by atoms with E-state index in [4.69, 9.17) is 0 Å². The molecule has 4 rings (SSSR count). The summed E-state index contributed by atoms with van der Waals surface area (Å²) in [5.74, 6) is 1.17. The summed E-state index contributed by atoms with van der Waals surface area (Å²) in [6.45, 7) is 5.88. The van der Waals surface area contributed by atoms with Gasteiger partial charge >= 0.3 is 0 Å². The van der Waals surface area contributed by atoms with Crippen LogP contribution in [0.5, 0.6) is 0 Å². The van der Waals surface area contributed by atoms with Gasteiger partial charge in [-0.25, -0.2) is 4.57 Å². The van der Waals surface area contributed by atoms with Gasteiger partial charge in [0.2, 0.25) is 5.78 Å². The molecular weight excluding hydrogens is 412 g/mol. The Balaban J connectivity index is 2.08. The average molecular weight is 427 g/mol. The summed E-state index contributed by atoms with van der Waals surface area (Å²) in [6.07, 6.45) is 0. The summed E-state index contributed by atoms with van der Waals surface area (Å²) < 4.78 is 4.41. The van der Waals surface area contributed by atoms with E-state index in [0.29, 0.717) is 16.9 Å². The molecule has 130 valence electrons. The van der Waals surface area contributed by atoms with E-state index >= 15 is 0 Å². The minimum atomic E-state index is -0.106. The number of para-hydroxylation sites is 1. The highest BCUT2D eigenvalue weighted by atomic mass is 79.9. The molecule has 0 bridgehead atoms. The Morgan fingerprint density at radius 1 is 1.15 bits per heavy atom. The molecule has 0 aliphatic carbocycles. The number of benzene rings is 2. The first-order valence-electron chi connectivity index (χ1n) is 7.98. The van der Waals surface area contributed by atoms with Crippen molar-refractivity contribution in [3.05, 3.63) is 75.5 Å². The van der Waals surface area contributed by atoms with Gasteiger partial charge in [0.15, 0.2) is 5.16 Å². The fourth-order valence-electron chi connectivity index (χ4n) is 2.84. The fraction of sp³-hybridized carbons (Fsp3) is 0.105. The van der Waals surface area contributed by atoms with Gasteiger partial charge in [-0.3, -0.25) is 9.20 Å². The molecular formula is C19H15BrN4OS. The molecule has 0 radical (unpaired) electrons. The predicted molar refractivity (Wildman–Crippen MR) is 110 cm³/mol. The van der Waals surface area contributed by atoms with Gasteiger partial charge in [-0.05, 0) is 35.7 Å². The molecule has 0 aliphatic rings. The van der Waals surface area contributed by atoms with Crippen LogP contribution in [0.3, 0.4) is 0 Å². The summed E-state index contributed by atoms with van der Waals surface area (Å²) in [5.41, 5.74) is 2.59. The first-order valence-corrected chi connectivity index (χ1v) is 9.76. The van der Waals surface area contributed by atoms with Gasteiger partial charge in [-0.2, -0.15) is 0 Å². The molecule has 2 heterocycles. The molecule has 0 spiro atoms. The van der Waals surface area contributed by atoms with Crippen LogP contribution in [0.4, 0.5) is 0 Å². The van der Waals surface area contributed by atoms with Crippen molar-refractivity contribution in [2.75, 3.05) is 5.75 Å². The van der Waals surface area contributed by atoms with Crippen molar-refractivity contribution < 1.29 is 0 Å². The van der Waals surface area contributed by atoms with Gasteiger partial charge in [-0.15, -0.1) is 10.2 Å². The number of rotatable bonds is 4. The van der Waals surface area contributed by atoms with E-state index in [-0.39, 0.29) is 5.56 Å². The lowest BCUT2D eigenvalue weighted by Gasteiger charge is -2.11. The fourth-order valence-corrected chi connectivity index (χ4v) is 3.88. The van der Waals surface area contributed by atoms with Gasteiger partial charge in [0.25, 0.3) is 5.56 Å². The zero-order chi connectivity index (χ0) is 18.3. The highest BCUT2D eigenvalue weighted by Crippen LogP contribution is 2.25. The van der Waals surface area contributed by atoms with Gasteiger partial charge < -0.3 is 0 Å². The lowest BCUT2D eigenvalue weighted by molar-refractivity contribution is 0.932. The van der Waals surface area contributed by atoms with E-state index in [1.807, 2.05) is 59.9 Å². The van der Waals surface area contributed by atoms with Crippen LogP contribution in [0, 0.1) is 6.92 Å². The second kappa shape index (κ2) is 6.74. The summed E-state index contributed by atoms with van der Waals surface area (Å²) in [4.78, 5) is 13.2. The molecule has 26 heavy (non-hydrogen) atoms. The number of fused-ring (bicyclic) bond motifs is 3. The van der Waals surface area contributed by atoms with Crippen molar-refractivity contribution in [3.8, 4) is 5.69 Å². The lowest BCUT2D eigenvalue weighted by Crippen LogP contribution is -2.21. The summed E-state index contributed by atoms with van der Waals surface area (Å²) in [5, 5.41) is 9.98. The van der Waals surface area contributed by atoms with E-state index < -0.39 is 0 Å². The molecule has 0 aliphatic heterocycles. The number of hydrogen-bond donors (Lipinski definition) is 0. The van der Waals surface area contributed by atoms with Crippen LogP contribution in [0.25, 0.3) is 22.4 Å². The molecule has 2 aromatic heterocycles. The van der Waals surface area contributed by atoms with Gasteiger partial charge in [0, 0.05) is 5.75 Å². The Bertz CT molecular complexity index is 1190. The van der Waals surface area contributed by atoms with Crippen LogP contribution in [-0.2, 0) is 0 Å². The summed E-state index contributed by atoms with van der Waals surface area (Å²) in [7, 11) is 0. The van der Waals surface area contributed by atoms with E-state index in [9.17, 15) is 4.79 Å².